The number of benzene rings is 2. The number of carbonyl (C=O) groups excluding carboxylic acids is 1. The molecule has 1 aliphatic rings. The van der Waals surface area contributed by atoms with Crippen LogP contribution in [-0.2, 0) is 4.79 Å². The van der Waals surface area contributed by atoms with Crippen molar-refractivity contribution in [2.75, 3.05) is 0 Å². The minimum atomic E-state index is -0.612. The lowest BCUT2D eigenvalue weighted by atomic mass is 9.83. The highest BCUT2D eigenvalue weighted by atomic mass is 35.5. The minimum absolute atomic E-state index is 0.0985. The first kappa shape index (κ1) is 19.6. The van der Waals surface area contributed by atoms with E-state index in [4.69, 9.17) is 21.1 Å². The van der Waals surface area contributed by atoms with Gasteiger partial charge in [0, 0.05) is 17.0 Å². The maximum Gasteiger partial charge on any atom is 0.261 e. The molecular weight excluding hydrogens is 362 g/mol. The van der Waals surface area contributed by atoms with Gasteiger partial charge >= 0.3 is 0 Å². The predicted octanol–water partition coefficient (Wildman–Crippen LogP) is 5.31. The summed E-state index contributed by atoms with van der Waals surface area (Å²) in [5.74, 6) is 1.32. The molecule has 1 N–H and O–H groups in total. The number of hydrogen-bond donors (Lipinski definition) is 1. The van der Waals surface area contributed by atoms with E-state index in [2.05, 4.69) is 19.2 Å². The molecule has 2 atom stereocenters. The second kappa shape index (κ2) is 8.22. The molecule has 1 aliphatic heterocycles. The number of nitrogens with one attached hydrogen (secondary N) is 1. The number of rotatable bonds is 6. The second-order valence-electron chi connectivity index (χ2n) is 7.01. The molecule has 144 valence electrons. The van der Waals surface area contributed by atoms with Gasteiger partial charge in [-0.25, -0.2) is 0 Å². The molecule has 1 amide bonds. The molecule has 0 saturated carbocycles. The molecule has 0 saturated heterocycles. The van der Waals surface area contributed by atoms with E-state index in [1.807, 2.05) is 24.3 Å². The molecule has 1 heterocycles. The highest BCUT2D eigenvalue weighted by Gasteiger charge is 2.39. The van der Waals surface area contributed by atoms with Crippen molar-refractivity contribution in [1.29, 1.82) is 0 Å². The summed E-state index contributed by atoms with van der Waals surface area (Å²) in [5.41, 5.74) is 0.758. The fourth-order valence-corrected chi connectivity index (χ4v) is 3.62. The molecule has 0 fully saturated rings. The summed E-state index contributed by atoms with van der Waals surface area (Å²) in [4.78, 5) is 12.8. The normalized spacial score (nSPS) is 18.7. The lowest BCUT2D eigenvalue weighted by Gasteiger charge is -2.41. The predicted molar refractivity (Wildman–Crippen MR) is 107 cm³/mol. The summed E-state index contributed by atoms with van der Waals surface area (Å²) < 4.78 is 12.1. The average molecular weight is 388 g/mol. The first-order valence-electron chi connectivity index (χ1n) is 9.47. The lowest BCUT2D eigenvalue weighted by molar-refractivity contribution is -0.128. The van der Waals surface area contributed by atoms with E-state index in [1.54, 1.807) is 31.2 Å². The van der Waals surface area contributed by atoms with Crippen LogP contribution in [0.5, 0.6) is 11.5 Å². The second-order valence-corrected chi connectivity index (χ2v) is 7.45. The van der Waals surface area contributed by atoms with Crippen molar-refractivity contribution in [1.82, 2.24) is 5.32 Å². The molecule has 2 aromatic rings. The molecule has 2 aromatic carbocycles. The summed E-state index contributed by atoms with van der Waals surface area (Å²) in [6.07, 6.45) is 1.91. The van der Waals surface area contributed by atoms with Crippen molar-refractivity contribution < 1.29 is 14.3 Å². The van der Waals surface area contributed by atoms with Crippen molar-refractivity contribution in [3.05, 3.63) is 59.1 Å². The van der Waals surface area contributed by atoms with Crippen LogP contribution < -0.4 is 14.8 Å². The third-order valence-corrected chi connectivity index (χ3v) is 5.55. The highest BCUT2D eigenvalue weighted by molar-refractivity contribution is 6.30. The standard InChI is InChI=1S/C22H26ClNO3/c1-4-22(5-2)14-19(18-8-6-7-9-20(18)27-22)24-21(25)15(3)26-17-12-10-16(23)11-13-17/h6-13,15,19H,4-5,14H2,1-3H3,(H,24,25). The van der Waals surface area contributed by atoms with Gasteiger partial charge in [-0.15, -0.1) is 0 Å². The zero-order valence-electron chi connectivity index (χ0n) is 16.0. The number of fused-ring (bicyclic) bond motifs is 1. The lowest BCUT2D eigenvalue weighted by Crippen LogP contribution is -2.46. The molecular formula is C22H26ClNO3. The number of amides is 1. The van der Waals surface area contributed by atoms with E-state index in [-0.39, 0.29) is 17.6 Å². The van der Waals surface area contributed by atoms with E-state index in [9.17, 15) is 4.79 Å². The van der Waals surface area contributed by atoms with Gasteiger partial charge < -0.3 is 14.8 Å². The first-order chi connectivity index (χ1) is 13.0. The SMILES string of the molecule is CCC1(CC)CC(NC(=O)C(C)Oc2ccc(Cl)cc2)c2ccccc2O1. The molecule has 4 nitrogen and oxygen atoms in total. The smallest absolute Gasteiger partial charge is 0.261 e. The van der Waals surface area contributed by atoms with Crippen LogP contribution in [-0.4, -0.2) is 17.6 Å². The fourth-order valence-electron chi connectivity index (χ4n) is 3.49. The van der Waals surface area contributed by atoms with E-state index < -0.39 is 6.10 Å². The summed E-state index contributed by atoms with van der Waals surface area (Å²) in [6.45, 7) is 6.01. The van der Waals surface area contributed by atoms with Gasteiger partial charge in [-0.3, -0.25) is 4.79 Å². The number of carbonyl (C=O) groups is 1. The molecule has 5 heteroatoms. The summed E-state index contributed by atoms with van der Waals surface area (Å²) in [5, 5.41) is 3.79. The van der Waals surface area contributed by atoms with Gasteiger partial charge in [-0.05, 0) is 50.1 Å². The van der Waals surface area contributed by atoms with E-state index in [0.29, 0.717) is 10.8 Å². The van der Waals surface area contributed by atoms with Gasteiger partial charge in [-0.1, -0.05) is 43.6 Å². The van der Waals surface area contributed by atoms with Crippen molar-refractivity contribution in [2.24, 2.45) is 0 Å². The quantitative estimate of drug-likeness (QED) is 0.731. The molecule has 3 rings (SSSR count). The Bertz CT molecular complexity index is 786. The fraction of sp³-hybridized carbons (Fsp3) is 0.409. The van der Waals surface area contributed by atoms with Gasteiger partial charge in [0.1, 0.15) is 17.1 Å². The molecule has 0 radical (unpaired) electrons. The Balaban J connectivity index is 1.74. The molecule has 0 aliphatic carbocycles. The van der Waals surface area contributed by atoms with Gasteiger partial charge in [-0.2, -0.15) is 0 Å². The van der Waals surface area contributed by atoms with Crippen molar-refractivity contribution in [2.45, 2.75) is 57.8 Å². The van der Waals surface area contributed by atoms with Crippen LogP contribution in [0.4, 0.5) is 0 Å². The summed E-state index contributed by atoms with van der Waals surface area (Å²) in [6, 6.07) is 14.8. The van der Waals surface area contributed by atoms with E-state index in [1.165, 1.54) is 0 Å². The van der Waals surface area contributed by atoms with Crippen molar-refractivity contribution in [3.8, 4) is 11.5 Å². The zero-order chi connectivity index (χ0) is 19.4. The minimum Gasteiger partial charge on any atom is -0.487 e. The molecule has 2 unspecified atom stereocenters. The van der Waals surface area contributed by atoms with Crippen molar-refractivity contribution >= 4 is 17.5 Å². The summed E-state index contributed by atoms with van der Waals surface area (Å²) in [7, 11) is 0. The Morgan fingerprint density at radius 2 is 1.89 bits per heavy atom. The van der Waals surface area contributed by atoms with Crippen LogP contribution in [0.15, 0.2) is 48.5 Å². The van der Waals surface area contributed by atoms with Crippen LogP contribution in [0.25, 0.3) is 0 Å². The Morgan fingerprint density at radius 1 is 1.22 bits per heavy atom. The number of para-hydroxylation sites is 1. The van der Waals surface area contributed by atoms with Crippen LogP contribution in [0, 0.1) is 0 Å². The number of hydrogen-bond acceptors (Lipinski definition) is 3. The van der Waals surface area contributed by atoms with Crippen LogP contribution >= 0.6 is 11.6 Å². The van der Waals surface area contributed by atoms with Gasteiger partial charge in [0.2, 0.25) is 0 Å². The average Bonchev–Trinajstić information content (AvgIpc) is 2.69. The highest BCUT2D eigenvalue weighted by Crippen LogP contribution is 2.42. The van der Waals surface area contributed by atoms with Gasteiger partial charge in [0.25, 0.3) is 5.91 Å². The molecule has 0 spiro atoms. The topological polar surface area (TPSA) is 47.6 Å². The Kier molecular flexibility index (Phi) is 5.95. The Morgan fingerprint density at radius 3 is 2.56 bits per heavy atom. The first-order valence-corrected chi connectivity index (χ1v) is 9.84. The Hall–Kier alpha value is -2.20. The van der Waals surface area contributed by atoms with Crippen LogP contribution in [0.3, 0.4) is 0 Å². The summed E-state index contributed by atoms with van der Waals surface area (Å²) >= 11 is 5.89. The van der Waals surface area contributed by atoms with Gasteiger partial charge in [0.05, 0.1) is 6.04 Å². The largest absolute Gasteiger partial charge is 0.487 e. The van der Waals surface area contributed by atoms with Crippen LogP contribution in [0.2, 0.25) is 5.02 Å². The van der Waals surface area contributed by atoms with Crippen molar-refractivity contribution in [3.63, 3.8) is 0 Å². The molecule has 0 aromatic heterocycles. The number of halogens is 1. The monoisotopic (exact) mass is 387 g/mol. The zero-order valence-corrected chi connectivity index (χ0v) is 16.8. The maximum absolute atomic E-state index is 12.8. The molecule has 27 heavy (non-hydrogen) atoms. The number of ether oxygens (including phenoxy) is 2. The van der Waals surface area contributed by atoms with Crippen LogP contribution in [0.1, 0.15) is 51.6 Å². The molecule has 0 bridgehead atoms. The third kappa shape index (κ3) is 4.38. The van der Waals surface area contributed by atoms with E-state index >= 15 is 0 Å². The third-order valence-electron chi connectivity index (χ3n) is 5.30. The van der Waals surface area contributed by atoms with Gasteiger partial charge in [0.15, 0.2) is 6.10 Å². The maximum atomic E-state index is 12.8. The van der Waals surface area contributed by atoms with E-state index in [0.717, 1.165) is 30.6 Å². The Labute approximate surface area is 165 Å².